The van der Waals surface area contributed by atoms with E-state index in [9.17, 15) is 19.2 Å². The Hall–Kier alpha value is -4.72. The second kappa shape index (κ2) is 10.9. The number of esters is 1. The number of primary amides is 1. The average Bonchev–Trinajstić information content (AvgIpc) is 3.17. The average molecular weight is 499 g/mol. The smallest absolute Gasteiger partial charge is 0.344 e. The van der Waals surface area contributed by atoms with E-state index in [1.54, 1.807) is 19.1 Å². The van der Waals surface area contributed by atoms with Gasteiger partial charge >= 0.3 is 5.97 Å². The Morgan fingerprint density at radius 3 is 2.27 bits per heavy atom. The van der Waals surface area contributed by atoms with Gasteiger partial charge in [0.1, 0.15) is 12.4 Å². The van der Waals surface area contributed by atoms with Crippen LogP contribution in [-0.2, 0) is 25.7 Å². The number of fused-ring (bicyclic) bond motifs is 1. The zero-order chi connectivity index (χ0) is 26.5. The molecule has 2 N–H and O–H groups in total. The fourth-order valence-corrected chi connectivity index (χ4v) is 4.24. The number of carbonyl (C=O) groups excluding carboxylic acids is 4. The summed E-state index contributed by atoms with van der Waals surface area (Å²) in [6.07, 6.45) is 0. The minimum absolute atomic E-state index is 0.120. The number of carbonyl (C=O) groups is 4. The molecule has 0 aliphatic carbocycles. The fraction of sp³-hybridized carbons (Fsp3) is 0.172. The van der Waals surface area contributed by atoms with Crippen LogP contribution in [-0.4, -0.2) is 41.2 Å². The third-order valence-corrected chi connectivity index (χ3v) is 5.92. The van der Waals surface area contributed by atoms with Crippen LogP contribution in [0.4, 0.5) is 0 Å². The molecule has 1 aromatic heterocycles. The summed E-state index contributed by atoms with van der Waals surface area (Å²) in [7, 11) is 0. The SMILES string of the molecule is CC(=O)COC(=O)COc1cccc2c1c(C(=O)C(N)=O)c(C)n2Cc1cccc(-c2ccccc2)c1. The van der Waals surface area contributed by atoms with Crippen LogP contribution >= 0.6 is 0 Å². The molecule has 8 nitrogen and oxygen atoms in total. The summed E-state index contributed by atoms with van der Waals surface area (Å²) >= 11 is 0. The summed E-state index contributed by atoms with van der Waals surface area (Å²) in [5, 5.41) is 0.377. The first-order valence-corrected chi connectivity index (χ1v) is 11.6. The molecule has 0 spiro atoms. The Kier molecular flexibility index (Phi) is 7.48. The second-order valence-corrected chi connectivity index (χ2v) is 8.61. The van der Waals surface area contributed by atoms with Gasteiger partial charge in [0, 0.05) is 12.2 Å². The summed E-state index contributed by atoms with van der Waals surface area (Å²) in [5.41, 5.74) is 9.78. The van der Waals surface area contributed by atoms with Crippen LogP contribution in [0.1, 0.15) is 28.5 Å². The molecule has 0 saturated heterocycles. The lowest BCUT2D eigenvalue weighted by atomic mass is 10.0. The lowest BCUT2D eigenvalue weighted by Crippen LogP contribution is -2.24. The Morgan fingerprint density at radius 2 is 1.57 bits per heavy atom. The Bertz CT molecular complexity index is 1500. The van der Waals surface area contributed by atoms with E-state index in [0.29, 0.717) is 23.1 Å². The molecule has 37 heavy (non-hydrogen) atoms. The molecule has 0 aliphatic heterocycles. The predicted molar refractivity (Wildman–Crippen MR) is 138 cm³/mol. The van der Waals surface area contributed by atoms with Crippen molar-refractivity contribution in [2.75, 3.05) is 13.2 Å². The number of amides is 1. The number of Topliss-reactive ketones (excluding diaryl/α,β-unsaturated/α-hetero) is 2. The van der Waals surface area contributed by atoms with Gasteiger partial charge in [0.15, 0.2) is 12.4 Å². The molecule has 4 aromatic rings. The fourth-order valence-electron chi connectivity index (χ4n) is 4.24. The number of nitrogens with zero attached hydrogens (tertiary/aromatic N) is 1. The first-order valence-electron chi connectivity index (χ1n) is 11.6. The minimum atomic E-state index is -1.09. The normalized spacial score (nSPS) is 10.8. The third-order valence-electron chi connectivity index (χ3n) is 5.92. The topological polar surface area (TPSA) is 118 Å². The van der Waals surface area contributed by atoms with Gasteiger partial charge in [-0.15, -0.1) is 0 Å². The van der Waals surface area contributed by atoms with E-state index in [-0.39, 0.29) is 23.7 Å². The highest BCUT2D eigenvalue weighted by atomic mass is 16.6. The first kappa shape index (κ1) is 25.4. The number of benzene rings is 3. The maximum atomic E-state index is 12.9. The van der Waals surface area contributed by atoms with Crippen LogP contribution in [0.15, 0.2) is 72.8 Å². The molecule has 0 aliphatic rings. The van der Waals surface area contributed by atoms with Gasteiger partial charge in [-0.2, -0.15) is 0 Å². The van der Waals surface area contributed by atoms with Crippen LogP contribution in [0.5, 0.6) is 5.75 Å². The first-order chi connectivity index (χ1) is 17.8. The van der Waals surface area contributed by atoms with Crippen LogP contribution in [0.25, 0.3) is 22.0 Å². The van der Waals surface area contributed by atoms with Crippen molar-refractivity contribution in [1.82, 2.24) is 4.57 Å². The lowest BCUT2D eigenvalue weighted by molar-refractivity contribution is -0.149. The summed E-state index contributed by atoms with van der Waals surface area (Å²) < 4.78 is 12.4. The molecule has 4 rings (SSSR count). The Balaban J connectivity index is 1.74. The number of rotatable bonds is 10. The van der Waals surface area contributed by atoms with Gasteiger partial charge in [-0.25, -0.2) is 4.79 Å². The van der Waals surface area contributed by atoms with Crippen LogP contribution in [0.3, 0.4) is 0 Å². The molecule has 0 atom stereocenters. The molecule has 0 fully saturated rings. The Labute approximate surface area is 213 Å². The third kappa shape index (κ3) is 5.59. The lowest BCUT2D eigenvalue weighted by Gasteiger charge is -2.11. The standard InChI is InChI=1S/C29H26N2O6/c1-18(32)16-37-25(33)17-36-24-13-7-12-23-27(24)26(28(34)29(30)35)19(2)31(23)15-20-8-6-11-22(14-20)21-9-4-3-5-10-21/h3-14H,15-17H2,1-2H3,(H2,30,35). The molecular weight excluding hydrogens is 472 g/mol. The molecule has 3 aromatic carbocycles. The molecule has 0 unspecified atom stereocenters. The van der Waals surface area contributed by atoms with Crippen molar-refractivity contribution in [1.29, 1.82) is 0 Å². The van der Waals surface area contributed by atoms with Crippen molar-refractivity contribution in [2.24, 2.45) is 5.73 Å². The van der Waals surface area contributed by atoms with E-state index in [2.05, 4.69) is 6.07 Å². The van der Waals surface area contributed by atoms with Crippen molar-refractivity contribution in [2.45, 2.75) is 20.4 Å². The Morgan fingerprint density at radius 1 is 0.865 bits per heavy atom. The highest BCUT2D eigenvalue weighted by Gasteiger charge is 2.26. The molecule has 0 saturated carbocycles. The van der Waals surface area contributed by atoms with Crippen molar-refractivity contribution in [3.8, 4) is 16.9 Å². The van der Waals surface area contributed by atoms with Gasteiger partial charge in [-0.3, -0.25) is 14.4 Å². The van der Waals surface area contributed by atoms with E-state index in [1.807, 2.05) is 59.2 Å². The summed E-state index contributed by atoms with van der Waals surface area (Å²) in [6, 6.07) is 23.2. The van der Waals surface area contributed by atoms with Crippen LogP contribution < -0.4 is 10.5 Å². The largest absolute Gasteiger partial charge is 0.481 e. The number of ketones is 2. The molecule has 188 valence electrons. The molecule has 8 heteroatoms. The van der Waals surface area contributed by atoms with E-state index in [4.69, 9.17) is 15.2 Å². The van der Waals surface area contributed by atoms with Crippen molar-refractivity contribution < 1.29 is 28.7 Å². The highest BCUT2D eigenvalue weighted by molar-refractivity contribution is 6.45. The minimum Gasteiger partial charge on any atom is -0.481 e. The number of nitrogens with two attached hydrogens (primary N) is 1. The van der Waals surface area contributed by atoms with Gasteiger partial charge in [-0.1, -0.05) is 54.6 Å². The van der Waals surface area contributed by atoms with Gasteiger partial charge in [0.2, 0.25) is 0 Å². The summed E-state index contributed by atoms with van der Waals surface area (Å²) in [5.74, 6) is -2.75. The highest BCUT2D eigenvalue weighted by Crippen LogP contribution is 2.35. The van der Waals surface area contributed by atoms with E-state index < -0.39 is 24.3 Å². The summed E-state index contributed by atoms with van der Waals surface area (Å²) in [6.45, 7) is 2.63. The zero-order valence-corrected chi connectivity index (χ0v) is 20.5. The maximum Gasteiger partial charge on any atom is 0.344 e. The van der Waals surface area contributed by atoms with Gasteiger partial charge in [0.25, 0.3) is 11.7 Å². The zero-order valence-electron chi connectivity index (χ0n) is 20.5. The number of ether oxygens (including phenoxy) is 2. The summed E-state index contributed by atoms with van der Waals surface area (Å²) in [4.78, 5) is 47.9. The van der Waals surface area contributed by atoms with E-state index >= 15 is 0 Å². The molecular formula is C29H26N2O6. The quantitative estimate of drug-likeness (QED) is 0.202. The van der Waals surface area contributed by atoms with Gasteiger partial charge < -0.3 is 19.8 Å². The molecule has 1 heterocycles. The van der Waals surface area contributed by atoms with Gasteiger partial charge in [0.05, 0.1) is 16.5 Å². The van der Waals surface area contributed by atoms with E-state index in [0.717, 1.165) is 16.7 Å². The number of hydrogen-bond acceptors (Lipinski definition) is 6. The number of hydrogen-bond donors (Lipinski definition) is 1. The van der Waals surface area contributed by atoms with Crippen LogP contribution in [0, 0.1) is 6.92 Å². The number of aromatic nitrogens is 1. The maximum absolute atomic E-state index is 12.9. The molecule has 0 bridgehead atoms. The molecule has 1 amide bonds. The second-order valence-electron chi connectivity index (χ2n) is 8.61. The van der Waals surface area contributed by atoms with Crippen molar-refractivity contribution >= 4 is 34.3 Å². The predicted octanol–water partition coefficient (Wildman–Crippen LogP) is 3.84. The van der Waals surface area contributed by atoms with E-state index in [1.165, 1.54) is 6.92 Å². The molecule has 0 radical (unpaired) electrons. The van der Waals surface area contributed by atoms with Crippen LogP contribution in [0.2, 0.25) is 0 Å². The monoisotopic (exact) mass is 498 g/mol. The van der Waals surface area contributed by atoms with Gasteiger partial charge in [-0.05, 0) is 48.7 Å². The van der Waals surface area contributed by atoms with Crippen molar-refractivity contribution in [3.05, 3.63) is 89.6 Å². The van der Waals surface area contributed by atoms with Crippen molar-refractivity contribution in [3.63, 3.8) is 0 Å².